The molecule has 1 aromatic carbocycles. The van der Waals surface area contributed by atoms with Crippen LogP contribution in [0.2, 0.25) is 10.0 Å². The largest absolute Gasteiger partial charge is 0.384 e. The number of nitrogens with one attached hydrogen (secondary N) is 1. The van der Waals surface area contributed by atoms with E-state index in [9.17, 15) is 4.79 Å². The zero-order valence-corrected chi connectivity index (χ0v) is 10.0. The Morgan fingerprint density at radius 1 is 1.35 bits per heavy atom. The van der Waals surface area contributed by atoms with Gasteiger partial charge in [0.1, 0.15) is 11.9 Å². The maximum absolute atomic E-state index is 10.9. The molecule has 1 amide bonds. The van der Waals surface area contributed by atoms with E-state index in [1.165, 1.54) is 6.07 Å². The maximum atomic E-state index is 10.9. The van der Waals surface area contributed by atoms with Crippen LogP contribution in [0.4, 0.5) is 5.69 Å². The first-order valence-corrected chi connectivity index (χ1v) is 5.13. The predicted octanol–water partition coefficient (Wildman–Crippen LogP) is 1.58. The van der Waals surface area contributed by atoms with Crippen LogP contribution in [0.25, 0.3) is 0 Å². The van der Waals surface area contributed by atoms with Crippen LogP contribution in [-0.2, 0) is 4.79 Å². The van der Waals surface area contributed by atoms with Crippen molar-refractivity contribution in [1.82, 2.24) is 0 Å². The number of anilines is 1. The quantitative estimate of drug-likeness (QED) is 0.573. The van der Waals surface area contributed by atoms with E-state index in [2.05, 4.69) is 5.32 Å². The Labute approximate surface area is 108 Å². The molecule has 0 atom stereocenters. The minimum Gasteiger partial charge on any atom is -0.384 e. The van der Waals surface area contributed by atoms with Gasteiger partial charge < -0.3 is 16.8 Å². The average molecular weight is 271 g/mol. The summed E-state index contributed by atoms with van der Waals surface area (Å²) in [6.45, 7) is 0. The number of benzene rings is 1. The first-order chi connectivity index (χ1) is 7.95. The highest BCUT2D eigenvalue weighted by Crippen LogP contribution is 2.26. The molecule has 0 aliphatic heterocycles. The second kappa shape index (κ2) is 5.43. The van der Waals surface area contributed by atoms with Gasteiger partial charge in [-0.3, -0.25) is 4.79 Å². The van der Waals surface area contributed by atoms with E-state index in [1.54, 1.807) is 18.2 Å². The Hall–Kier alpha value is -1.90. The number of rotatable bonds is 3. The van der Waals surface area contributed by atoms with Crippen LogP contribution in [0.15, 0.2) is 29.6 Å². The molecule has 0 aliphatic rings. The SMILES string of the molecule is N#CC(C(N)=O)=C(N)Nc1ccc(Cl)cc1Cl. The summed E-state index contributed by atoms with van der Waals surface area (Å²) < 4.78 is 0. The summed E-state index contributed by atoms with van der Waals surface area (Å²) in [5.74, 6) is -1.08. The van der Waals surface area contributed by atoms with Crippen molar-refractivity contribution in [3.05, 3.63) is 39.6 Å². The van der Waals surface area contributed by atoms with E-state index in [1.807, 2.05) is 0 Å². The van der Waals surface area contributed by atoms with E-state index in [4.69, 9.17) is 39.9 Å². The van der Waals surface area contributed by atoms with Gasteiger partial charge in [-0.15, -0.1) is 0 Å². The molecular weight excluding hydrogens is 263 g/mol. The van der Waals surface area contributed by atoms with Crippen molar-refractivity contribution >= 4 is 34.8 Å². The van der Waals surface area contributed by atoms with Crippen LogP contribution in [0, 0.1) is 11.3 Å². The molecule has 0 bridgehead atoms. The molecular formula is C10H8Cl2N4O. The number of hydrogen-bond acceptors (Lipinski definition) is 4. The lowest BCUT2D eigenvalue weighted by molar-refractivity contribution is -0.114. The number of primary amides is 1. The normalized spacial score (nSPS) is 11.4. The fourth-order valence-corrected chi connectivity index (χ4v) is 1.50. The van der Waals surface area contributed by atoms with Crippen molar-refractivity contribution in [3.8, 4) is 6.07 Å². The second-order valence-electron chi connectivity index (χ2n) is 3.01. The first kappa shape index (κ1) is 13.2. The fourth-order valence-electron chi connectivity index (χ4n) is 1.05. The third-order valence-corrected chi connectivity index (χ3v) is 2.38. The number of amides is 1. The fraction of sp³-hybridized carbons (Fsp3) is 0. The second-order valence-corrected chi connectivity index (χ2v) is 3.86. The molecule has 17 heavy (non-hydrogen) atoms. The molecule has 5 N–H and O–H groups in total. The summed E-state index contributed by atoms with van der Waals surface area (Å²) in [6.07, 6.45) is 0. The summed E-state index contributed by atoms with van der Waals surface area (Å²) in [4.78, 5) is 10.9. The summed E-state index contributed by atoms with van der Waals surface area (Å²) in [5, 5.41) is 12.1. The number of carbonyl (C=O) groups is 1. The van der Waals surface area contributed by atoms with Gasteiger partial charge in [-0.05, 0) is 18.2 Å². The lowest BCUT2D eigenvalue weighted by atomic mass is 10.2. The number of nitrogens with two attached hydrogens (primary N) is 2. The van der Waals surface area contributed by atoms with E-state index in [0.29, 0.717) is 15.7 Å². The predicted molar refractivity (Wildman–Crippen MR) is 66.1 cm³/mol. The lowest BCUT2D eigenvalue weighted by Gasteiger charge is -2.09. The Kier molecular flexibility index (Phi) is 4.21. The number of hydrogen-bond donors (Lipinski definition) is 3. The lowest BCUT2D eigenvalue weighted by Crippen LogP contribution is -2.21. The van der Waals surface area contributed by atoms with Gasteiger partial charge in [0, 0.05) is 5.02 Å². The highest BCUT2D eigenvalue weighted by molar-refractivity contribution is 6.36. The van der Waals surface area contributed by atoms with E-state index >= 15 is 0 Å². The molecule has 0 radical (unpaired) electrons. The highest BCUT2D eigenvalue weighted by atomic mass is 35.5. The smallest absolute Gasteiger partial charge is 0.263 e. The zero-order chi connectivity index (χ0) is 13.0. The minimum absolute atomic E-state index is 0.163. The molecule has 0 unspecified atom stereocenters. The van der Waals surface area contributed by atoms with Gasteiger partial charge in [-0.25, -0.2) is 0 Å². The van der Waals surface area contributed by atoms with Crippen molar-refractivity contribution in [1.29, 1.82) is 5.26 Å². The summed E-state index contributed by atoms with van der Waals surface area (Å²) in [6, 6.07) is 6.24. The van der Waals surface area contributed by atoms with Crippen molar-refractivity contribution in [3.63, 3.8) is 0 Å². The minimum atomic E-state index is -0.914. The summed E-state index contributed by atoms with van der Waals surface area (Å²) >= 11 is 11.6. The van der Waals surface area contributed by atoms with Gasteiger partial charge in [0.2, 0.25) is 0 Å². The van der Waals surface area contributed by atoms with E-state index in [0.717, 1.165) is 0 Å². The molecule has 1 aromatic rings. The molecule has 0 spiro atoms. The summed E-state index contributed by atoms with van der Waals surface area (Å²) in [7, 11) is 0. The zero-order valence-electron chi connectivity index (χ0n) is 8.50. The number of nitriles is 1. The highest BCUT2D eigenvalue weighted by Gasteiger charge is 2.11. The molecule has 0 fully saturated rings. The van der Waals surface area contributed by atoms with Crippen molar-refractivity contribution in [2.45, 2.75) is 0 Å². The molecule has 5 nitrogen and oxygen atoms in total. The first-order valence-electron chi connectivity index (χ1n) is 4.37. The molecule has 0 saturated carbocycles. The van der Waals surface area contributed by atoms with E-state index < -0.39 is 5.91 Å². The maximum Gasteiger partial charge on any atom is 0.263 e. The van der Waals surface area contributed by atoms with Crippen LogP contribution in [-0.4, -0.2) is 5.91 Å². The van der Waals surface area contributed by atoms with Crippen molar-refractivity contribution in [2.75, 3.05) is 5.32 Å². The topological polar surface area (TPSA) is 105 Å². The van der Waals surface area contributed by atoms with Crippen molar-refractivity contribution < 1.29 is 4.79 Å². The van der Waals surface area contributed by atoms with Crippen LogP contribution in [0.1, 0.15) is 0 Å². The van der Waals surface area contributed by atoms with Gasteiger partial charge in [-0.1, -0.05) is 23.2 Å². The molecule has 0 saturated heterocycles. The van der Waals surface area contributed by atoms with Crippen LogP contribution in [0.3, 0.4) is 0 Å². The molecule has 1 rings (SSSR count). The van der Waals surface area contributed by atoms with Gasteiger partial charge in [0.15, 0.2) is 5.57 Å². The molecule has 88 valence electrons. The molecule has 7 heteroatoms. The van der Waals surface area contributed by atoms with Gasteiger partial charge in [-0.2, -0.15) is 5.26 Å². The Bertz CT molecular complexity index is 534. The van der Waals surface area contributed by atoms with Gasteiger partial charge in [0.05, 0.1) is 10.7 Å². The third-order valence-electron chi connectivity index (χ3n) is 1.83. The standard InChI is InChI=1S/C10H8Cl2N4O/c11-5-1-2-8(7(12)3-5)16-9(14)6(4-13)10(15)17/h1-3,16H,14H2,(H2,15,17). The number of halogens is 2. The van der Waals surface area contributed by atoms with Crippen LogP contribution >= 0.6 is 23.2 Å². The van der Waals surface area contributed by atoms with Crippen molar-refractivity contribution in [2.24, 2.45) is 11.5 Å². The number of nitrogens with zero attached hydrogens (tertiary/aromatic N) is 1. The monoisotopic (exact) mass is 270 g/mol. The third kappa shape index (κ3) is 3.28. The Morgan fingerprint density at radius 3 is 2.47 bits per heavy atom. The molecule has 0 aromatic heterocycles. The van der Waals surface area contributed by atoms with E-state index in [-0.39, 0.29) is 11.4 Å². The Morgan fingerprint density at radius 2 is 2.00 bits per heavy atom. The van der Waals surface area contributed by atoms with Gasteiger partial charge in [0.25, 0.3) is 5.91 Å². The Balaban J connectivity index is 3.07. The summed E-state index contributed by atoms with van der Waals surface area (Å²) in [5.41, 5.74) is 10.5. The van der Waals surface area contributed by atoms with Crippen LogP contribution < -0.4 is 16.8 Å². The van der Waals surface area contributed by atoms with Crippen LogP contribution in [0.5, 0.6) is 0 Å². The van der Waals surface area contributed by atoms with Gasteiger partial charge >= 0.3 is 0 Å². The molecule has 0 heterocycles. The number of carbonyl (C=O) groups excluding carboxylic acids is 1. The average Bonchev–Trinajstić information content (AvgIpc) is 2.22. The molecule has 0 aliphatic carbocycles.